The molecule has 3 nitrogen and oxygen atoms in total. The third-order valence-electron chi connectivity index (χ3n) is 3.30. The van der Waals surface area contributed by atoms with E-state index in [2.05, 4.69) is 21.2 Å². The highest BCUT2D eigenvalue weighted by Crippen LogP contribution is 2.23. The van der Waals surface area contributed by atoms with Crippen LogP contribution in [-0.4, -0.2) is 37.0 Å². The van der Waals surface area contributed by atoms with Crippen LogP contribution in [0.3, 0.4) is 0 Å². The molecule has 1 heterocycles. The van der Waals surface area contributed by atoms with E-state index in [0.717, 1.165) is 30.4 Å². The average Bonchev–Trinajstić information content (AvgIpc) is 2.38. The summed E-state index contributed by atoms with van der Waals surface area (Å²) in [6, 6.07) is 5.53. The van der Waals surface area contributed by atoms with Gasteiger partial charge in [0.25, 0.3) is 5.91 Å². The number of nitrogens with one attached hydrogen (secondary N) is 1. The van der Waals surface area contributed by atoms with Crippen molar-refractivity contribution in [3.63, 3.8) is 0 Å². The lowest BCUT2D eigenvalue weighted by molar-refractivity contribution is 0.0707. The van der Waals surface area contributed by atoms with Crippen molar-refractivity contribution in [2.45, 2.75) is 18.9 Å². The van der Waals surface area contributed by atoms with Crippen molar-refractivity contribution in [3.8, 4) is 0 Å². The number of piperidine rings is 1. The molecule has 1 amide bonds. The van der Waals surface area contributed by atoms with Gasteiger partial charge in [0, 0.05) is 29.1 Å². The zero-order valence-corrected chi connectivity index (χ0v) is 12.6. The van der Waals surface area contributed by atoms with Crippen molar-refractivity contribution in [1.29, 1.82) is 0 Å². The van der Waals surface area contributed by atoms with Gasteiger partial charge < -0.3 is 10.2 Å². The molecule has 1 fully saturated rings. The summed E-state index contributed by atoms with van der Waals surface area (Å²) >= 11 is 9.28. The Bertz CT molecular complexity index is 447. The van der Waals surface area contributed by atoms with Crippen molar-refractivity contribution in [3.05, 3.63) is 33.3 Å². The number of hydrogen-bond acceptors (Lipinski definition) is 2. The maximum Gasteiger partial charge on any atom is 0.255 e. The number of amides is 1. The zero-order chi connectivity index (χ0) is 13.1. The van der Waals surface area contributed by atoms with Crippen molar-refractivity contribution in [1.82, 2.24) is 10.2 Å². The molecule has 1 atom stereocenters. The molecule has 1 saturated heterocycles. The molecule has 0 spiro atoms. The zero-order valence-electron chi connectivity index (χ0n) is 10.2. The number of halogens is 2. The molecule has 0 bridgehead atoms. The van der Waals surface area contributed by atoms with E-state index in [9.17, 15) is 4.79 Å². The first-order valence-corrected chi connectivity index (χ1v) is 7.19. The van der Waals surface area contributed by atoms with Crippen LogP contribution in [0.2, 0.25) is 5.02 Å². The summed E-state index contributed by atoms with van der Waals surface area (Å²) in [6.07, 6.45) is 2.17. The molecule has 1 unspecified atom stereocenters. The fourth-order valence-corrected chi connectivity index (χ4v) is 3.04. The number of benzene rings is 1. The van der Waals surface area contributed by atoms with Crippen molar-refractivity contribution >= 4 is 33.4 Å². The summed E-state index contributed by atoms with van der Waals surface area (Å²) in [5.74, 6) is 0.0345. The second-order valence-electron chi connectivity index (χ2n) is 4.54. The summed E-state index contributed by atoms with van der Waals surface area (Å²) in [5.41, 5.74) is 0.660. The number of nitrogens with zero attached hydrogens (tertiary/aromatic N) is 1. The van der Waals surface area contributed by atoms with Gasteiger partial charge in [-0.25, -0.2) is 0 Å². The van der Waals surface area contributed by atoms with E-state index in [4.69, 9.17) is 11.6 Å². The van der Waals surface area contributed by atoms with Gasteiger partial charge >= 0.3 is 0 Å². The first kappa shape index (κ1) is 13.8. The Morgan fingerprint density at radius 3 is 2.94 bits per heavy atom. The lowest BCUT2D eigenvalue weighted by Gasteiger charge is -2.32. The molecule has 0 saturated carbocycles. The van der Waals surface area contributed by atoms with E-state index in [1.54, 1.807) is 18.2 Å². The second kappa shape index (κ2) is 6.04. The van der Waals surface area contributed by atoms with Gasteiger partial charge in [-0.05, 0) is 53.5 Å². The van der Waals surface area contributed by atoms with Gasteiger partial charge in [-0.15, -0.1) is 0 Å². The fourth-order valence-electron chi connectivity index (χ4n) is 2.18. The van der Waals surface area contributed by atoms with Crippen LogP contribution in [0.5, 0.6) is 0 Å². The summed E-state index contributed by atoms with van der Waals surface area (Å²) in [6.45, 7) is 1.91. The number of rotatable bonds is 2. The number of carbonyl (C=O) groups is 1. The molecular formula is C13H16BrClN2O. The molecule has 18 heavy (non-hydrogen) atoms. The minimum absolute atomic E-state index is 0.0345. The maximum atomic E-state index is 12.4. The molecule has 0 aromatic heterocycles. The lowest BCUT2D eigenvalue weighted by Crippen LogP contribution is -2.46. The molecule has 1 aliphatic rings. The predicted octanol–water partition coefficient (Wildman–Crippen LogP) is 2.93. The third kappa shape index (κ3) is 3.05. The van der Waals surface area contributed by atoms with Crippen LogP contribution in [0.4, 0.5) is 0 Å². The molecule has 98 valence electrons. The molecule has 1 N–H and O–H groups in total. The Labute approximate surface area is 121 Å². The Balaban J connectivity index is 2.14. The largest absolute Gasteiger partial charge is 0.337 e. The highest BCUT2D eigenvalue weighted by molar-refractivity contribution is 9.10. The predicted molar refractivity (Wildman–Crippen MR) is 77.1 cm³/mol. The summed E-state index contributed by atoms with van der Waals surface area (Å²) in [7, 11) is 1.86. The first-order valence-electron chi connectivity index (χ1n) is 6.02. The SMILES string of the molecule is CN(C(=O)c1ccc(Cl)cc1Br)C1CCCNC1. The van der Waals surface area contributed by atoms with Crippen LogP contribution in [0, 0.1) is 0 Å². The monoisotopic (exact) mass is 330 g/mol. The summed E-state index contributed by atoms with van der Waals surface area (Å²) < 4.78 is 0.746. The van der Waals surface area contributed by atoms with Gasteiger partial charge in [-0.2, -0.15) is 0 Å². The van der Waals surface area contributed by atoms with Crippen molar-refractivity contribution < 1.29 is 4.79 Å². The molecule has 1 aromatic carbocycles. The van der Waals surface area contributed by atoms with Crippen molar-refractivity contribution in [2.24, 2.45) is 0 Å². The molecule has 0 radical (unpaired) electrons. The van der Waals surface area contributed by atoms with Gasteiger partial charge in [0.1, 0.15) is 0 Å². The van der Waals surface area contributed by atoms with E-state index in [0.29, 0.717) is 10.6 Å². The number of likely N-dealkylation sites (N-methyl/N-ethyl adjacent to an activating group) is 1. The van der Waals surface area contributed by atoms with Crippen LogP contribution < -0.4 is 5.32 Å². The fraction of sp³-hybridized carbons (Fsp3) is 0.462. The molecule has 5 heteroatoms. The number of carbonyl (C=O) groups excluding carboxylic acids is 1. The van der Waals surface area contributed by atoms with E-state index in [1.807, 2.05) is 11.9 Å². The smallest absolute Gasteiger partial charge is 0.255 e. The van der Waals surface area contributed by atoms with Gasteiger partial charge in [0.2, 0.25) is 0 Å². The summed E-state index contributed by atoms with van der Waals surface area (Å²) in [4.78, 5) is 14.2. The van der Waals surface area contributed by atoms with Gasteiger partial charge in [0.15, 0.2) is 0 Å². The molecule has 1 aromatic rings. The Kier molecular flexibility index (Phi) is 4.65. The minimum Gasteiger partial charge on any atom is -0.337 e. The quantitative estimate of drug-likeness (QED) is 0.904. The standard InChI is InChI=1S/C13H16BrClN2O/c1-17(10-3-2-6-16-8-10)13(18)11-5-4-9(15)7-12(11)14/h4-5,7,10,16H,2-3,6,8H2,1H3. The first-order chi connectivity index (χ1) is 8.59. The van der Waals surface area contributed by atoms with Gasteiger partial charge in [0.05, 0.1) is 5.56 Å². The maximum absolute atomic E-state index is 12.4. The minimum atomic E-state index is 0.0345. The Hall–Kier alpha value is -0.580. The highest BCUT2D eigenvalue weighted by atomic mass is 79.9. The Morgan fingerprint density at radius 2 is 2.33 bits per heavy atom. The van der Waals surface area contributed by atoms with E-state index in [-0.39, 0.29) is 11.9 Å². The van der Waals surface area contributed by atoms with E-state index in [1.165, 1.54) is 0 Å². The van der Waals surface area contributed by atoms with Crippen LogP contribution in [0.25, 0.3) is 0 Å². The molecule has 0 aliphatic carbocycles. The average molecular weight is 332 g/mol. The molecular weight excluding hydrogens is 316 g/mol. The van der Waals surface area contributed by atoms with Crippen LogP contribution in [-0.2, 0) is 0 Å². The highest BCUT2D eigenvalue weighted by Gasteiger charge is 2.23. The third-order valence-corrected chi connectivity index (χ3v) is 4.19. The van der Waals surface area contributed by atoms with Gasteiger partial charge in [-0.3, -0.25) is 4.79 Å². The normalized spacial score (nSPS) is 19.6. The van der Waals surface area contributed by atoms with Crippen LogP contribution >= 0.6 is 27.5 Å². The van der Waals surface area contributed by atoms with Gasteiger partial charge in [-0.1, -0.05) is 11.6 Å². The van der Waals surface area contributed by atoms with E-state index >= 15 is 0 Å². The van der Waals surface area contributed by atoms with Crippen LogP contribution in [0.1, 0.15) is 23.2 Å². The molecule has 1 aliphatic heterocycles. The second-order valence-corrected chi connectivity index (χ2v) is 5.83. The van der Waals surface area contributed by atoms with E-state index < -0.39 is 0 Å². The Morgan fingerprint density at radius 1 is 1.56 bits per heavy atom. The van der Waals surface area contributed by atoms with Crippen molar-refractivity contribution in [2.75, 3.05) is 20.1 Å². The topological polar surface area (TPSA) is 32.3 Å². The number of hydrogen-bond donors (Lipinski definition) is 1. The summed E-state index contributed by atoms with van der Waals surface area (Å²) in [5, 5.41) is 3.94. The molecule has 2 rings (SSSR count). The van der Waals surface area contributed by atoms with Crippen LogP contribution in [0.15, 0.2) is 22.7 Å². The lowest BCUT2D eigenvalue weighted by atomic mass is 10.1.